The second kappa shape index (κ2) is 5.89. The highest BCUT2D eigenvalue weighted by Crippen LogP contribution is 2.24. The molecule has 3 nitrogen and oxygen atoms in total. The maximum atomic E-state index is 13.7. The first-order valence-electron chi connectivity index (χ1n) is 6.25. The molecule has 106 valence electrons. The highest BCUT2D eigenvalue weighted by Gasteiger charge is 2.29. The molecule has 1 saturated heterocycles. The largest absolute Gasteiger partial charge is 0.327 e. The van der Waals surface area contributed by atoms with Crippen molar-refractivity contribution in [2.24, 2.45) is 11.7 Å². The molecule has 1 aromatic rings. The maximum Gasteiger partial charge on any atom is 0.150 e. The van der Waals surface area contributed by atoms with E-state index in [1.165, 1.54) is 6.07 Å². The zero-order valence-corrected chi connectivity index (χ0v) is 12.9. The van der Waals surface area contributed by atoms with Gasteiger partial charge in [0, 0.05) is 10.5 Å². The van der Waals surface area contributed by atoms with Crippen LogP contribution < -0.4 is 5.73 Å². The van der Waals surface area contributed by atoms with Gasteiger partial charge in [0.1, 0.15) is 5.82 Å². The van der Waals surface area contributed by atoms with Crippen molar-refractivity contribution >= 4 is 25.8 Å². The number of halogens is 2. The van der Waals surface area contributed by atoms with Crippen LogP contribution >= 0.6 is 15.9 Å². The van der Waals surface area contributed by atoms with E-state index in [4.69, 9.17) is 5.73 Å². The molecule has 0 aliphatic carbocycles. The molecule has 0 bridgehead atoms. The van der Waals surface area contributed by atoms with Gasteiger partial charge in [0.2, 0.25) is 0 Å². The van der Waals surface area contributed by atoms with Crippen LogP contribution in [0.4, 0.5) is 4.39 Å². The Morgan fingerprint density at radius 1 is 1.47 bits per heavy atom. The molecule has 1 aliphatic heterocycles. The second-order valence-electron chi connectivity index (χ2n) is 5.20. The summed E-state index contributed by atoms with van der Waals surface area (Å²) >= 11 is 3.21. The molecule has 2 N–H and O–H groups in total. The van der Waals surface area contributed by atoms with Crippen LogP contribution in [0, 0.1) is 11.7 Å². The van der Waals surface area contributed by atoms with E-state index in [0.717, 1.165) is 0 Å². The van der Waals surface area contributed by atoms with Gasteiger partial charge in [-0.3, -0.25) is 0 Å². The van der Waals surface area contributed by atoms with Crippen LogP contribution in [0.5, 0.6) is 0 Å². The van der Waals surface area contributed by atoms with E-state index >= 15 is 0 Å². The Bertz CT molecular complexity index is 562. The van der Waals surface area contributed by atoms with Crippen molar-refractivity contribution in [3.05, 3.63) is 34.1 Å². The minimum atomic E-state index is -2.86. The van der Waals surface area contributed by atoms with E-state index in [-0.39, 0.29) is 29.3 Å². The maximum absolute atomic E-state index is 13.7. The molecule has 0 saturated carbocycles. The van der Waals surface area contributed by atoms with Crippen molar-refractivity contribution < 1.29 is 12.8 Å². The van der Waals surface area contributed by atoms with Crippen LogP contribution in [0.2, 0.25) is 0 Å². The first-order valence-corrected chi connectivity index (χ1v) is 8.87. The zero-order chi connectivity index (χ0) is 14.0. The molecule has 0 radical (unpaired) electrons. The van der Waals surface area contributed by atoms with Crippen LogP contribution in [0.25, 0.3) is 0 Å². The van der Waals surface area contributed by atoms with E-state index in [0.29, 0.717) is 29.3 Å². The fourth-order valence-electron chi connectivity index (χ4n) is 2.54. The molecule has 1 aromatic carbocycles. The van der Waals surface area contributed by atoms with Gasteiger partial charge in [-0.15, -0.1) is 0 Å². The Kier molecular flexibility index (Phi) is 4.63. The number of benzene rings is 1. The van der Waals surface area contributed by atoms with Crippen LogP contribution in [0.15, 0.2) is 22.7 Å². The van der Waals surface area contributed by atoms with Crippen molar-refractivity contribution in [2.45, 2.75) is 25.3 Å². The van der Waals surface area contributed by atoms with Gasteiger partial charge in [0.25, 0.3) is 0 Å². The summed E-state index contributed by atoms with van der Waals surface area (Å²) in [6.07, 6.45) is 1.75. The lowest BCUT2D eigenvalue weighted by Gasteiger charge is -2.16. The molecule has 19 heavy (non-hydrogen) atoms. The van der Waals surface area contributed by atoms with Gasteiger partial charge in [-0.25, -0.2) is 12.8 Å². The Labute approximate surface area is 121 Å². The second-order valence-corrected chi connectivity index (χ2v) is 8.35. The van der Waals surface area contributed by atoms with Crippen LogP contribution in [-0.4, -0.2) is 26.0 Å². The molecule has 2 atom stereocenters. The summed E-state index contributed by atoms with van der Waals surface area (Å²) in [6.45, 7) is 0. The van der Waals surface area contributed by atoms with Gasteiger partial charge in [0.05, 0.1) is 11.5 Å². The fraction of sp³-hybridized carbons (Fsp3) is 0.538. The van der Waals surface area contributed by atoms with E-state index in [9.17, 15) is 12.8 Å². The molecular formula is C13H17BrFNO2S. The average molecular weight is 350 g/mol. The minimum absolute atomic E-state index is 0.124. The van der Waals surface area contributed by atoms with Gasteiger partial charge >= 0.3 is 0 Å². The predicted molar refractivity (Wildman–Crippen MR) is 77.2 cm³/mol. The standard InChI is InChI=1S/C13H17BrFNO2S/c14-11-2-1-10(13(15)7-11)6-12(16)5-9-3-4-19(17,18)8-9/h1-2,7,9,12H,3-6,8,16H2. The van der Waals surface area contributed by atoms with Crippen molar-refractivity contribution in [2.75, 3.05) is 11.5 Å². The summed E-state index contributed by atoms with van der Waals surface area (Å²) in [6, 6.07) is 4.71. The Morgan fingerprint density at radius 2 is 2.21 bits per heavy atom. The number of sulfone groups is 1. The van der Waals surface area contributed by atoms with Crippen LogP contribution in [-0.2, 0) is 16.3 Å². The van der Waals surface area contributed by atoms with Crippen molar-refractivity contribution in [3.8, 4) is 0 Å². The first-order chi connectivity index (χ1) is 8.85. The Balaban J connectivity index is 1.93. The molecule has 0 aromatic heterocycles. The normalized spacial score (nSPS) is 23.4. The highest BCUT2D eigenvalue weighted by atomic mass is 79.9. The lowest BCUT2D eigenvalue weighted by atomic mass is 9.95. The first kappa shape index (κ1) is 14.9. The molecule has 6 heteroatoms. The highest BCUT2D eigenvalue weighted by molar-refractivity contribution is 9.10. The number of hydrogen-bond donors (Lipinski definition) is 1. The van der Waals surface area contributed by atoms with Gasteiger partial charge in [0.15, 0.2) is 9.84 Å². The Hall–Kier alpha value is -0.460. The quantitative estimate of drug-likeness (QED) is 0.906. The molecular weight excluding hydrogens is 333 g/mol. The molecule has 0 spiro atoms. The lowest BCUT2D eigenvalue weighted by Crippen LogP contribution is -2.27. The molecule has 2 unspecified atom stereocenters. The van der Waals surface area contributed by atoms with Gasteiger partial charge < -0.3 is 5.73 Å². The smallest absolute Gasteiger partial charge is 0.150 e. The minimum Gasteiger partial charge on any atom is -0.327 e. The SMILES string of the molecule is NC(Cc1ccc(Br)cc1F)CC1CCS(=O)(=O)C1. The zero-order valence-electron chi connectivity index (χ0n) is 10.5. The fourth-order valence-corrected chi connectivity index (χ4v) is 4.75. The summed E-state index contributed by atoms with van der Waals surface area (Å²) in [5.41, 5.74) is 6.59. The molecule has 1 fully saturated rings. The number of hydrogen-bond acceptors (Lipinski definition) is 3. The molecule has 0 amide bonds. The van der Waals surface area contributed by atoms with E-state index in [1.807, 2.05) is 0 Å². The third kappa shape index (κ3) is 4.26. The van der Waals surface area contributed by atoms with Gasteiger partial charge in [-0.1, -0.05) is 22.0 Å². The number of rotatable bonds is 4. The summed E-state index contributed by atoms with van der Waals surface area (Å²) in [5, 5.41) is 0. The van der Waals surface area contributed by atoms with Gasteiger partial charge in [-0.05, 0) is 42.9 Å². The third-order valence-corrected chi connectivity index (χ3v) is 5.79. The summed E-state index contributed by atoms with van der Waals surface area (Å²) in [5.74, 6) is 0.336. The van der Waals surface area contributed by atoms with Crippen LogP contribution in [0.1, 0.15) is 18.4 Å². The summed E-state index contributed by atoms with van der Waals surface area (Å²) in [7, 11) is -2.86. The molecule has 1 aliphatic rings. The molecule has 2 rings (SSSR count). The lowest BCUT2D eigenvalue weighted by molar-refractivity contribution is 0.462. The Morgan fingerprint density at radius 3 is 2.79 bits per heavy atom. The van der Waals surface area contributed by atoms with E-state index in [1.54, 1.807) is 12.1 Å². The van der Waals surface area contributed by atoms with Crippen molar-refractivity contribution in [3.63, 3.8) is 0 Å². The van der Waals surface area contributed by atoms with Crippen molar-refractivity contribution in [1.29, 1.82) is 0 Å². The topological polar surface area (TPSA) is 60.2 Å². The summed E-state index contributed by atoms with van der Waals surface area (Å²) < 4.78 is 37.1. The summed E-state index contributed by atoms with van der Waals surface area (Å²) in [4.78, 5) is 0. The van der Waals surface area contributed by atoms with Crippen LogP contribution in [0.3, 0.4) is 0 Å². The molecule has 1 heterocycles. The van der Waals surface area contributed by atoms with E-state index in [2.05, 4.69) is 15.9 Å². The average Bonchev–Trinajstić information content (AvgIpc) is 2.62. The monoisotopic (exact) mass is 349 g/mol. The van der Waals surface area contributed by atoms with Gasteiger partial charge in [-0.2, -0.15) is 0 Å². The number of nitrogens with two attached hydrogens (primary N) is 1. The van der Waals surface area contributed by atoms with Crippen molar-refractivity contribution in [1.82, 2.24) is 0 Å². The van der Waals surface area contributed by atoms with E-state index < -0.39 is 9.84 Å². The predicted octanol–water partition coefficient (Wildman–Crippen LogP) is 2.28. The third-order valence-electron chi connectivity index (χ3n) is 3.46.